The molecule has 0 aromatic heterocycles. The Hall–Kier alpha value is -0.790. The van der Waals surface area contributed by atoms with E-state index in [-0.39, 0.29) is 5.97 Å². The quantitative estimate of drug-likeness (QED) is 0.484. The molecule has 1 aliphatic heterocycles. The Morgan fingerprint density at radius 2 is 2.31 bits per heavy atom. The first kappa shape index (κ1) is 10.3. The van der Waals surface area contributed by atoms with Gasteiger partial charge in [0.05, 0.1) is 13.0 Å². The fraction of sp³-hybridized carbons (Fsp3) is 0.727. The topological polar surface area (TPSA) is 26.3 Å². The molecule has 0 aromatic rings. The summed E-state index contributed by atoms with van der Waals surface area (Å²) in [6.07, 6.45) is 3.77. The van der Waals surface area contributed by atoms with Crippen LogP contribution in [0.2, 0.25) is 0 Å². The standard InChI is InChI=1S/C11H18O2/c1-8(2)9(3)6-10-4-5-13-11(12)7-10/h6,8,10H,4-5,7H2,1-3H3. The van der Waals surface area contributed by atoms with Gasteiger partial charge < -0.3 is 4.74 Å². The molecule has 1 fully saturated rings. The SMILES string of the molecule is CC(=CC1CCOC(=O)C1)C(C)C. The Labute approximate surface area is 80.0 Å². The molecule has 1 unspecified atom stereocenters. The van der Waals surface area contributed by atoms with E-state index in [1.54, 1.807) is 0 Å². The van der Waals surface area contributed by atoms with E-state index >= 15 is 0 Å². The molecular formula is C11H18O2. The molecule has 2 heteroatoms. The number of carbonyl (C=O) groups excluding carboxylic acids is 1. The first-order valence-electron chi connectivity index (χ1n) is 4.93. The van der Waals surface area contributed by atoms with Gasteiger partial charge in [0.15, 0.2) is 0 Å². The highest BCUT2D eigenvalue weighted by atomic mass is 16.5. The van der Waals surface area contributed by atoms with Gasteiger partial charge in [0.1, 0.15) is 0 Å². The number of hydrogen-bond donors (Lipinski definition) is 0. The highest BCUT2D eigenvalue weighted by Gasteiger charge is 2.18. The maximum absolute atomic E-state index is 11.0. The van der Waals surface area contributed by atoms with Gasteiger partial charge in [-0.15, -0.1) is 0 Å². The van der Waals surface area contributed by atoms with Crippen LogP contribution in [-0.4, -0.2) is 12.6 Å². The number of allylic oxidation sites excluding steroid dienone is 2. The van der Waals surface area contributed by atoms with Gasteiger partial charge in [0, 0.05) is 0 Å². The van der Waals surface area contributed by atoms with Gasteiger partial charge in [0.25, 0.3) is 0 Å². The lowest BCUT2D eigenvalue weighted by atomic mass is 9.94. The zero-order chi connectivity index (χ0) is 9.84. The molecule has 0 radical (unpaired) electrons. The van der Waals surface area contributed by atoms with Crippen LogP contribution in [0.3, 0.4) is 0 Å². The Balaban J connectivity index is 2.52. The molecule has 1 atom stereocenters. The monoisotopic (exact) mass is 182 g/mol. The van der Waals surface area contributed by atoms with Crippen LogP contribution in [0.15, 0.2) is 11.6 Å². The van der Waals surface area contributed by atoms with Crippen molar-refractivity contribution in [2.24, 2.45) is 11.8 Å². The van der Waals surface area contributed by atoms with Crippen molar-refractivity contribution in [1.29, 1.82) is 0 Å². The van der Waals surface area contributed by atoms with E-state index in [0.717, 1.165) is 6.42 Å². The van der Waals surface area contributed by atoms with E-state index in [1.807, 2.05) is 0 Å². The molecule has 1 aliphatic rings. The lowest BCUT2D eigenvalue weighted by Crippen LogP contribution is -2.19. The second kappa shape index (κ2) is 4.45. The predicted molar refractivity (Wildman–Crippen MR) is 52.3 cm³/mol. The van der Waals surface area contributed by atoms with E-state index in [2.05, 4.69) is 26.8 Å². The van der Waals surface area contributed by atoms with Crippen LogP contribution in [0.25, 0.3) is 0 Å². The van der Waals surface area contributed by atoms with E-state index in [4.69, 9.17) is 4.74 Å². The molecule has 0 spiro atoms. The van der Waals surface area contributed by atoms with Crippen LogP contribution in [0.5, 0.6) is 0 Å². The molecule has 0 bridgehead atoms. The van der Waals surface area contributed by atoms with Crippen LogP contribution in [0.4, 0.5) is 0 Å². The average Bonchev–Trinajstić information content (AvgIpc) is 2.04. The summed E-state index contributed by atoms with van der Waals surface area (Å²) in [6.45, 7) is 7.07. The normalized spacial score (nSPS) is 24.8. The molecule has 1 saturated heterocycles. The van der Waals surface area contributed by atoms with E-state index in [9.17, 15) is 4.79 Å². The summed E-state index contributed by atoms with van der Waals surface area (Å²) in [7, 11) is 0. The predicted octanol–water partition coefficient (Wildman–Crippen LogP) is 2.54. The van der Waals surface area contributed by atoms with Gasteiger partial charge in [-0.1, -0.05) is 25.5 Å². The van der Waals surface area contributed by atoms with Crippen molar-refractivity contribution >= 4 is 5.97 Å². The number of hydrogen-bond acceptors (Lipinski definition) is 2. The van der Waals surface area contributed by atoms with E-state index in [0.29, 0.717) is 24.9 Å². The second-order valence-corrected chi connectivity index (χ2v) is 4.04. The summed E-state index contributed by atoms with van der Waals surface area (Å²) in [5, 5.41) is 0. The highest BCUT2D eigenvalue weighted by Crippen LogP contribution is 2.21. The third-order valence-corrected chi connectivity index (χ3v) is 2.59. The van der Waals surface area contributed by atoms with Crippen molar-refractivity contribution in [2.75, 3.05) is 6.61 Å². The van der Waals surface area contributed by atoms with Crippen LogP contribution in [-0.2, 0) is 9.53 Å². The van der Waals surface area contributed by atoms with Crippen LogP contribution in [0.1, 0.15) is 33.6 Å². The van der Waals surface area contributed by atoms with Gasteiger partial charge in [0.2, 0.25) is 0 Å². The van der Waals surface area contributed by atoms with Crippen LogP contribution >= 0.6 is 0 Å². The molecule has 2 nitrogen and oxygen atoms in total. The third-order valence-electron chi connectivity index (χ3n) is 2.59. The van der Waals surface area contributed by atoms with Gasteiger partial charge in [-0.25, -0.2) is 0 Å². The lowest BCUT2D eigenvalue weighted by molar-refractivity contribution is -0.148. The fourth-order valence-electron chi connectivity index (χ4n) is 1.41. The highest BCUT2D eigenvalue weighted by molar-refractivity contribution is 5.70. The smallest absolute Gasteiger partial charge is 0.306 e. The van der Waals surface area contributed by atoms with Crippen molar-refractivity contribution in [1.82, 2.24) is 0 Å². The maximum Gasteiger partial charge on any atom is 0.306 e. The number of esters is 1. The molecule has 1 rings (SSSR count). The van der Waals surface area contributed by atoms with Crippen LogP contribution < -0.4 is 0 Å². The van der Waals surface area contributed by atoms with E-state index < -0.39 is 0 Å². The number of carbonyl (C=O) groups is 1. The minimum atomic E-state index is -0.0518. The first-order chi connectivity index (χ1) is 6.09. The summed E-state index contributed by atoms with van der Waals surface area (Å²) >= 11 is 0. The van der Waals surface area contributed by atoms with Gasteiger partial charge in [-0.05, 0) is 25.2 Å². The molecule has 74 valence electrons. The van der Waals surface area contributed by atoms with E-state index in [1.165, 1.54) is 5.57 Å². The number of cyclic esters (lactones) is 1. The lowest BCUT2D eigenvalue weighted by Gasteiger charge is -2.19. The fourth-order valence-corrected chi connectivity index (χ4v) is 1.41. The van der Waals surface area contributed by atoms with Gasteiger partial charge in [-0.3, -0.25) is 4.79 Å². The molecular weight excluding hydrogens is 164 g/mol. The Bertz CT molecular complexity index is 216. The van der Waals surface area contributed by atoms with Crippen molar-refractivity contribution in [3.63, 3.8) is 0 Å². The summed E-state index contributed by atoms with van der Waals surface area (Å²) in [5.74, 6) is 0.936. The average molecular weight is 182 g/mol. The number of rotatable bonds is 2. The molecule has 0 N–H and O–H groups in total. The minimum Gasteiger partial charge on any atom is -0.466 e. The molecule has 1 heterocycles. The molecule has 0 aliphatic carbocycles. The van der Waals surface area contributed by atoms with Gasteiger partial charge in [-0.2, -0.15) is 0 Å². The Morgan fingerprint density at radius 1 is 1.62 bits per heavy atom. The van der Waals surface area contributed by atoms with Crippen molar-refractivity contribution in [2.45, 2.75) is 33.6 Å². The molecule has 0 amide bonds. The van der Waals surface area contributed by atoms with Crippen molar-refractivity contribution in [3.8, 4) is 0 Å². The van der Waals surface area contributed by atoms with Crippen molar-refractivity contribution < 1.29 is 9.53 Å². The summed E-state index contributed by atoms with van der Waals surface area (Å²) in [4.78, 5) is 11.0. The number of ether oxygens (including phenoxy) is 1. The summed E-state index contributed by atoms with van der Waals surface area (Å²) < 4.78 is 4.88. The zero-order valence-electron chi connectivity index (χ0n) is 8.67. The van der Waals surface area contributed by atoms with Crippen LogP contribution in [0, 0.1) is 11.8 Å². The minimum absolute atomic E-state index is 0.0518. The first-order valence-corrected chi connectivity index (χ1v) is 4.93. The summed E-state index contributed by atoms with van der Waals surface area (Å²) in [6, 6.07) is 0. The largest absolute Gasteiger partial charge is 0.466 e. The Morgan fingerprint density at radius 3 is 2.85 bits per heavy atom. The summed E-state index contributed by atoms with van der Waals surface area (Å²) in [5.41, 5.74) is 1.37. The van der Waals surface area contributed by atoms with Gasteiger partial charge >= 0.3 is 5.97 Å². The second-order valence-electron chi connectivity index (χ2n) is 4.04. The van der Waals surface area contributed by atoms with Crippen molar-refractivity contribution in [3.05, 3.63) is 11.6 Å². The zero-order valence-corrected chi connectivity index (χ0v) is 8.67. The molecule has 0 aromatic carbocycles. The molecule has 0 saturated carbocycles. The molecule has 13 heavy (non-hydrogen) atoms. The Kier molecular flexibility index (Phi) is 3.52. The third kappa shape index (κ3) is 3.21. The maximum atomic E-state index is 11.0.